The van der Waals surface area contributed by atoms with Crippen molar-refractivity contribution in [3.8, 4) is 22.9 Å². The monoisotopic (exact) mass is 346 g/mol. The van der Waals surface area contributed by atoms with E-state index in [9.17, 15) is 0 Å². The van der Waals surface area contributed by atoms with Gasteiger partial charge in [-0.1, -0.05) is 12.1 Å². The Labute approximate surface area is 131 Å². The van der Waals surface area contributed by atoms with Crippen LogP contribution in [0.25, 0.3) is 22.4 Å². The molecule has 3 rings (SSSR count). The third-order valence-corrected chi connectivity index (χ3v) is 3.77. The van der Waals surface area contributed by atoms with E-state index in [1.165, 1.54) is 0 Å². The number of benzene rings is 2. The number of imidazole rings is 1. The molecule has 0 bridgehead atoms. The summed E-state index contributed by atoms with van der Waals surface area (Å²) in [6.45, 7) is 2.53. The summed E-state index contributed by atoms with van der Waals surface area (Å²) in [5.74, 6) is 2.19. The van der Waals surface area contributed by atoms with E-state index in [1.807, 2.05) is 43.3 Å². The maximum Gasteiger partial charge on any atom is 0.175 e. The predicted octanol–water partition coefficient (Wildman–Crippen LogP) is 4.40. The van der Waals surface area contributed by atoms with Crippen LogP contribution in [0.1, 0.15) is 6.92 Å². The van der Waals surface area contributed by atoms with Crippen LogP contribution in [0.3, 0.4) is 0 Å². The van der Waals surface area contributed by atoms with Crippen molar-refractivity contribution in [1.29, 1.82) is 0 Å². The molecule has 3 aromatic rings. The average Bonchev–Trinajstić information content (AvgIpc) is 2.93. The van der Waals surface area contributed by atoms with E-state index in [0.717, 1.165) is 26.9 Å². The van der Waals surface area contributed by atoms with Gasteiger partial charge in [0.2, 0.25) is 0 Å². The summed E-state index contributed by atoms with van der Waals surface area (Å²) in [7, 11) is 1.63. The number of H-pyrrole nitrogens is 1. The number of methoxy groups -OCH3 is 1. The van der Waals surface area contributed by atoms with Gasteiger partial charge in [-0.25, -0.2) is 4.98 Å². The summed E-state index contributed by atoms with van der Waals surface area (Å²) in [5.41, 5.74) is 2.89. The highest BCUT2D eigenvalue weighted by molar-refractivity contribution is 9.10. The van der Waals surface area contributed by atoms with Crippen molar-refractivity contribution in [3.05, 3.63) is 40.9 Å². The van der Waals surface area contributed by atoms with E-state index < -0.39 is 0 Å². The summed E-state index contributed by atoms with van der Waals surface area (Å²) in [6, 6.07) is 11.8. The van der Waals surface area contributed by atoms with Crippen LogP contribution in [0.4, 0.5) is 0 Å². The molecule has 4 nitrogen and oxygen atoms in total. The first kappa shape index (κ1) is 13.9. The Balaban J connectivity index is 2.11. The molecule has 5 heteroatoms. The van der Waals surface area contributed by atoms with Crippen molar-refractivity contribution in [3.63, 3.8) is 0 Å². The quantitative estimate of drug-likeness (QED) is 0.761. The van der Waals surface area contributed by atoms with Crippen molar-refractivity contribution in [2.24, 2.45) is 0 Å². The molecule has 0 spiro atoms. The molecular formula is C16H15BrN2O2. The topological polar surface area (TPSA) is 47.1 Å². The minimum absolute atomic E-state index is 0.582. The second-order valence-corrected chi connectivity index (χ2v) is 5.38. The summed E-state index contributed by atoms with van der Waals surface area (Å²) in [6.07, 6.45) is 0. The number of hydrogen-bond acceptors (Lipinski definition) is 3. The highest BCUT2D eigenvalue weighted by Gasteiger charge is 2.14. The van der Waals surface area contributed by atoms with Gasteiger partial charge in [0.05, 0.1) is 29.2 Å². The van der Waals surface area contributed by atoms with E-state index in [4.69, 9.17) is 9.47 Å². The highest BCUT2D eigenvalue weighted by Crippen LogP contribution is 2.39. The molecule has 2 aromatic carbocycles. The number of nitrogens with zero attached hydrogens (tertiary/aromatic N) is 1. The fourth-order valence-electron chi connectivity index (χ4n) is 2.23. The Bertz CT molecular complexity index is 750. The molecule has 0 amide bonds. The van der Waals surface area contributed by atoms with E-state index in [0.29, 0.717) is 18.1 Å². The van der Waals surface area contributed by atoms with Gasteiger partial charge in [0.15, 0.2) is 11.5 Å². The van der Waals surface area contributed by atoms with E-state index in [1.54, 1.807) is 7.11 Å². The molecule has 0 saturated heterocycles. The number of para-hydroxylation sites is 2. The van der Waals surface area contributed by atoms with Crippen molar-refractivity contribution in [2.75, 3.05) is 13.7 Å². The number of ether oxygens (including phenoxy) is 2. The van der Waals surface area contributed by atoms with Gasteiger partial charge in [-0.3, -0.25) is 0 Å². The Morgan fingerprint density at radius 2 is 2.05 bits per heavy atom. The first-order chi connectivity index (χ1) is 10.2. The molecule has 0 saturated carbocycles. The molecule has 0 atom stereocenters. The lowest BCUT2D eigenvalue weighted by molar-refractivity contribution is 0.309. The molecular weight excluding hydrogens is 332 g/mol. The summed E-state index contributed by atoms with van der Waals surface area (Å²) in [5, 5.41) is 0. The van der Waals surface area contributed by atoms with Gasteiger partial charge in [0, 0.05) is 5.56 Å². The van der Waals surface area contributed by atoms with Crippen LogP contribution >= 0.6 is 15.9 Å². The Hall–Kier alpha value is -2.01. The molecule has 0 aliphatic rings. The molecule has 0 aliphatic carbocycles. The van der Waals surface area contributed by atoms with Crippen LogP contribution in [0, 0.1) is 0 Å². The van der Waals surface area contributed by atoms with Crippen LogP contribution in [-0.4, -0.2) is 23.7 Å². The van der Waals surface area contributed by atoms with Gasteiger partial charge in [0.25, 0.3) is 0 Å². The highest BCUT2D eigenvalue weighted by atomic mass is 79.9. The predicted molar refractivity (Wildman–Crippen MR) is 87.0 cm³/mol. The van der Waals surface area contributed by atoms with E-state index in [-0.39, 0.29) is 0 Å². The third-order valence-electron chi connectivity index (χ3n) is 3.18. The van der Waals surface area contributed by atoms with Crippen LogP contribution < -0.4 is 9.47 Å². The SMILES string of the molecule is CCOc1c(Br)cc(-c2nc3ccccc3[nH]2)cc1OC. The normalized spacial score (nSPS) is 10.8. The minimum atomic E-state index is 0.582. The zero-order valence-corrected chi connectivity index (χ0v) is 13.4. The molecule has 21 heavy (non-hydrogen) atoms. The lowest BCUT2D eigenvalue weighted by Gasteiger charge is -2.12. The Morgan fingerprint density at radius 3 is 2.76 bits per heavy atom. The molecule has 108 valence electrons. The largest absolute Gasteiger partial charge is 0.493 e. The molecule has 0 radical (unpaired) electrons. The molecule has 1 N–H and O–H groups in total. The number of aromatic amines is 1. The van der Waals surface area contributed by atoms with Crippen molar-refractivity contribution in [2.45, 2.75) is 6.92 Å². The maximum atomic E-state index is 5.61. The van der Waals surface area contributed by atoms with E-state index in [2.05, 4.69) is 25.9 Å². The zero-order chi connectivity index (χ0) is 14.8. The smallest absolute Gasteiger partial charge is 0.175 e. The molecule has 0 fully saturated rings. The maximum absolute atomic E-state index is 5.61. The Morgan fingerprint density at radius 1 is 1.24 bits per heavy atom. The standard InChI is InChI=1S/C16H15BrN2O2/c1-3-21-15-11(17)8-10(9-14(15)20-2)16-18-12-6-4-5-7-13(12)19-16/h4-9H,3H2,1-2H3,(H,18,19). The van der Waals surface area contributed by atoms with Gasteiger partial charge in [0.1, 0.15) is 5.82 Å². The molecule has 0 aliphatic heterocycles. The molecule has 0 unspecified atom stereocenters. The van der Waals surface area contributed by atoms with Crippen LogP contribution in [0.15, 0.2) is 40.9 Å². The number of nitrogens with one attached hydrogen (secondary N) is 1. The third kappa shape index (κ3) is 2.61. The van der Waals surface area contributed by atoms with Crippen molar-refractivity contribution in [1.82, 2.24) is 9.97 Å². The van der Waals surface area contributed by atoms with Crippen LogP contribution in [0.2, 0.25) is 0 Å². The lowest BCUT2D eigenvalue weighted by atomic mass is 10.2. The average molecular weight is 347 g/mol. The second kappa shape index (κ2) is 5.77. The van der Waals surface area contributed by atoms with Crippen LogP contribution in [0.5, 0.6) is 11.5 Å². The van der Waals surface area contributed by atoms with Gasteiger partial charge < -0.3 is 14.5 Å². The lowest BCUT2D eigenvalue weighted by Crippen LogP contribution is -1.97. The Kier molecular flexibility index (Phi) is 3.84. The second-order valence-electron chi connectivity index (χ2n) is 4.53. The molecule has 1 heterocycles. The number of halogens is 1. The number of aromatic nitrogens is 2. The number of fused-ring (bicyclic) bond motifs is 1. The van der Waals surface area contributed by atoms with Gasteiger partial charge >= 0.3 is 0 Å². The van der Waals surface area contributed by atoms with Gasteiger partial charge in [-0.2, -0.15) is 0 Å². The zero-order valence-electron chi connectivity index (χ0n) is 11.8. The fraction of sp³-hybridized carbons (Fsp3) is 0.188. The van der Waals surface area contributed by atoms with Gasteiger partial charge in [-0.15, -0.1) is 0 Å². The van der Waals surface area contributed by atoms with Crippen molar-refractivity contribution < 1.29 is 9.47 Å². The molecule has 1 aromatic heterocycles. The first-order valence-electron chi connectivity index (χ1n) is 6.68. The number of hydrogen-bond donors (Lipinski definition) is 1. The number of rotatable bonds is 4. The minimum Gasteiger partial charge on any atom is -0.493 e. The van der Waals surface area contributed by atoms with E-state index >= 15 is 0 Å². The summed E-state index contributed by atoms with van der Waals surface area (Å²) in [4.78, 5) is 7.92. The van der Waals surface area contributed by atoms with Crippen molar-refractivity contribution >= 4 is 27.0 Å². The summed E-state index contributed by atoms with van der Waals surface area (Å²) < 4.78 is 11.9. The first-order valence-corrected chi connectivity index (χ1v) is 7.47. The summed E-state index contributed by atoms with van der Waals surface area (Å²) >= 11 is 3.53. The van der Waals surface area contributed by atoms with Gasteiger partial charge in [-0.05, 0) is 47.1 Å². The fourth-order valence-corrected chi connectivity index (χ4v) is 2.79. The van der Waals surface area contributed by atoms with Crippen LogP contribution in [-0.2, 0) is 0 Å².